The van der Waals surface area contributed by atoms with Crippen LogP contribution in [0.25, 0.3) is 0 Å². The minimum atomic E-state index is -2.97. The van der Waals surface area contributed by atoms with Crippen molar-refractivity contribution in [1.82, 2.24) is 0 Å². The van der Waals surface area contributed by atoms with Crippen LogP contribution in [0, 0.1) is 5.41 Å². The van der Waals surface area contributed by atoms with Crippen LogP contribution >= 0.6 is 0 Å². The molecule has 6 saturated heterocycles. The van der Waals surface area contributed by atoms with Crippen molar-refractivity contribution >= 4 is 0 Å². The molecule has 27 nitrogen and oxygen atoms in total. The molecule has 6 rings (SSSR count). The summed E-state index contributed by atoms with van der Waals surface area (Å²) in [4.78, 5) is 0. The van der Waals surface area contributed by atoms with Crippen molar-refractivity contribution in [3.63, 3.8) is 0 Å². The molecule has 0 bridgehead atoms. The summed E-state index contributed by atoms with van der Waals surface area (Å²) < 4.78 is 74.6. The first-order valence-corrected chi connectivity index (χ1v) is 33.2. The third-order valence-electron chi connectivity index (χ3n) is 29.5. The predicted octanol–water partition coefficient (Wildman–Crippen LogP) is 2.00. The molecule has 0 amide bonds. The highest BCUT2D eigenvalue weighted by molar-refractivity contribution is 5.31. The highest BCUT2D eigenvalue weighted by Gasteiger charge is 2.86. The van der Waals surface area contributed by atoms with E-state index in [1.54, 1.807) is 34.6 Å². The van der Waals surface area contributed by atoms with Crippen LogP contribution in [0.3, 0.4) is 0 Å². The van der Waals surface area contributed by atoms with Gasteiger partial charge in [-0.05, 0) is 207 Å². The molecule has 560 valence electrons. The predicted molar refractivity (Wildman–Crippen MR) is 341 cm³/mol. The van der Waals surface area contributed by atoms with Crippen molar-refractivity contribution in [2.45, 2.75) is 399 Å². The lowest BCUT2D eigenvalue weighted by molar-refractivity contribution is -0.547. The lowest BCUT2D eigenvalue weighted by atomic mass is 9.54. The Hall–Kier alpha value is -1.08. The fourth-order valence-electron chi connectivity index (χ4n) is 16.7. The monoisotopic (exact) mass is 1370 g/mol. The average molecular weight is 1380 g/mol. The first kappa shape index (κ1) is 82.9. The van der Waals surface area contributed by atoms with E-state index in [1.807, 2.05) is 0 Å². The number of hydrogen-bond donors (Lipinski definition) is 16. The zero-order valence-corrected chi connectivity index (χ0v) is 63.0. The van der Waals surface area contributed by atoms with Crippen molar-refractivity contribution in [2.75, 3.05) is 26.4 Å². The van der Waals surface area contributed by atoms with Gasteiger partial charge >= 0.3 is 0 Å². The maximum atomic E-state index is 13.9. The highest BCUT2D eigenvalue weighted by atomic mass is 16.8. The van der Waals surface area contributed by atoms with Crippen molar-refractivity contribution in [3.8, 4) is 0 Å². The molecule has 6 aliphatic heterocycles. The fraction of sp³-hybridized carbons (Fsp3) is 1.00. The van der Waals surface area contributed by atoms with E-state index in [-0.39, 0.29) is 12.8 Å². The second kappa shape index (κ2) is 21.8. The van der Waals surface area contributed by atoms with E-state index in [4.69, 9.17) is 52.1 Å². The van der Waals surface area contributed by atoms with E-state index in [2.05, 4.69) is 0 Å². The largest absolute Gasteiger partial charge is 0.393 e. The Kier molecular flexibility index (Phi) is 19.0. The maximum Gasteiger partial charge on any atom is 0.198 e. The molecule has 0 saturated carbocycles. The molecule has 95 heavy (non-hydrogen) atoms. The molecule has 0 spiro atoms. The minimum absolute atomic E-state index is 0.0369. The van der Waals surface area contributed by atoms with E-state index < -0.39 is 196 Å². The quantitative estimate of drug-likeness (QED) is 0.105. The Morgan fingerprint density at radius 3 is 0.832 bits per heavy atom. The number of aliphatic hydroxyl groups excluding tert-OH is 2. The molecule has 28 atom stereocenters. The van der Waals surface area contributed by atoms with Crippen LogP contribution in [-0.4, -0.2) is 272 Å². The van der Waals surface area contributed by atoms with E-state index in [1.165, 1.54) is 145 Å². The molecule has 0 aliphatic carbocycles. The van der Waals surface area contributed by atoms with Crippen LogP contribution in [0.1, 0.15) is 234 Å². The zero-order chi connectivity index (χ0) is 75.2. The molecule has 0 aromatic rings. The molecule has 6 fully saturated rings. The highest BCUT2D eigenvalue weighted by Crippen LogP contribution is 2.67. The molecule has 6 aliphatic rings. The third kappa shape index (κ3) is 9.46. The summed E-state index contributed by atoms with van der Waals surface area (Å²) in [6.07, 6.45) is -3.43. The number of rotatable bonds is 16. The summed E-state index contributed by atoms with van der Waals surface area (Å²) >= 11 is 0. The van der Waals surface area contributed by atoms with Gasteiger partial charge in [0.2, 0.25) is 0 Å². The number of ether oxygens (including phenoxy) is 11. The molecule has 0 radical (unpaired) electrons. The summed E-state index contributed by atoms with van der Waals surface area (Å²) in [5.74, 6) is -8.21. The Balaban J connectivity index is 1.55. The van der Waals surface area contributed by atoms with E-state index in [0.29, 0.717) is 0 Å². The lowest BCUT2D eigenvalue weighted by Crippen LogP contribution is -2.92. The molecule has 28 unspecified atom stereocenters. The van der Waals surface area contributed by atoms with Gasteiger partial charge in [-0.15, -0.1) is 0 Å². The smallest absolute Gasteiger partial charge is 0.198 e. The van der Waals surface area contributed by atoms with Crippen molar-refractivity contribution in [2.24, 2.45) is 5.41 Å². The normalized spacial score (nSPS) is 61.3. The fourth-order valence-corrected chi connectivity index (χ4v) is 16.7. The van der Waals surface area contributed by atoms with Crippen LogP contribution in [-0.2, 0) is 52.1 Å². The number of hydrogen-bond acceptors (Lipinski definition) is 27. The van der Waals surface area contributed by atoms with Crippen LogP contribution in [0.5, 0.6) is 0 Å². The second-order valence-electron chi connectivity index (χ2n) is 34.9. The van der Waals surface area contributed by atoms with Crippen molar-refractivity contribution in [1.29, 1.82) is 0 Å². The Labute approximate surface area is 562 Å². The van der Waals surface area contributed by atoms with Crippen molar-refractivity contribution < 1.29 is 134 Å². The van der Waals surface area contributed by atoms with Crippen LogP contribution in [0.15, 0.2) is 0 Å². The maximum absolute atomic E-state index is 13.9. The second-order valence-corrected chi connectivity index (χ2v) is 34.9. The van der Waals surface area contributed by atoms with Crippen LogP contribution < -0.4 is 0 Å². The zero-order valence-electron chi connectivity index (χ0n) is 63.0. The van der Waals surface area contributed by atoms with E-state index in [9.17, 15) is 81.7 Å². The Bertz CT molecular complexity index is 2910. The molecule has 0 aromatic heterocycles. The van der Waals surface area contributed by atoms with E-state index >= 15 is 0 Å². The van der Waals surface area contributed by atoms with Gasteiger partial charge in [0.05, 0.1) is 43.2 Å². The molecule has 0 aromatic carbocycles. The summed E-state index contributed by atoms with van der Waals surface area (Å²) in [5, 5.41) is 202. The first-order chi connectivity index (χ1) is 41.3. The topological polar surface area (TPSA) is 425 Å². The van der Waals surface area contributed by atoms with Gasteiger partial charge in [0, 0.05) is 5.41 Å². The van der Waals surface area contributed by atoms with Gasteiger partial charge in [-0.1, -0.05) is 27.7 Å². The van der Waals surface area contributed by atoms with Gasteiger partial charge in [0.15, 0.2) is 29.9 Å². The summed E-state index contributed by atoms with van der Waals surface area (Å²) in [6, 6.07) is 0. The standard InChI is InChI=1S/C68H126O27/c1-33-43(7)53(17,75)55(19,77)49(13,71)39(87-43)85-37-47(11)41(3,4)51(15,73)60(24,82)66(30,91-47)94-64(28)46(10,36-70)90-67(31,61(25,83)58(64,22)80)95-65(29)48(12,38-86-40-50(14,72)56(20,78)54(18,76)44(8,34-2)88-40)92-68(32,62(26,84)59(65,23)81)93-63(27)45(9,35-69)89-42(5,6)52(16,74)57(63,21)79/h39-40,69-84H,33-38H2,1-32H3. The molecule has 6 heterocycles. The summed E-state index contributed by atoms with van der Waals surface area (Å²) in [5.41, 5.74) is -58.0. The molecular formula is C68H126O27. The summed E-state index contributed by atoms with van der Waals surface area (Å²) in [7, 11) is 0. The van der Waals surface area contributed by atoms with E-state index in [0.717, 1.165) is 41.5 Å². The van der Waals surface area contributed by atoms with Gasteiger partial charge in [0.1, 0.15) is 118 Å². The molecular weight excluding hydrogens is 1250 g/mol. The molecule has 16 N–H and O–H groups in total. The Morgan fingerprint density at radius 1 is 0.274 bits per heavy atom. The lowest BCUT2D eigenvalue weighted by Gasteiger charge is -2.74. The van der Waals surface area contributed by atoms with Gasteiger partial charge in [-0.3, -0.25) is 0 Å². The van der Waals surface area contributed by atoms with Gasteiger partial charge < -0.3 is 134 Å². The van der Waals surface area contributed by atoms with Crippen LogP contribution in [0.4, 0.5) is 0 Å². The minimum Gasteiger partial charge on any atom is -0.393 e. The van der Waals surface area contributed by atoms with Crippen LogP contribution in [0.2, 0.25) is 0 Å². The molecule has 27 heteroatoms. The first-order valence-electron chi connectivity index (χ1n) is 33.2. The average Bonchev–Trinajstić information content (AvgIpc) is 0.662. The summed E-state index contributed by atoms with van der Waals surface area (Å²) in [6.45, 7) is 38.5. The van der Waals surface area contributed by atoms with Gasteiger partial charge in [-0.2, -0.15) is 0 Å². The van der Waals surface area contributed by atoms with Crippen molar-refractivity contribution in [3.05, 3.63) is 0 Å². The number of aliphatic hydroxyl groups is 16. The van der Waals surface area contributed by atoms with Gasteiger partial charge in [-0.25, -0.2) is 0 Å². The third-order valence-corrected chi connectivity index (χ3v) is 29.5. The Morgan fingerprint density at radius 2 is 0.526 bits per heavy atom. The van der Waals surface area contributed by atoms with Gasteiger partial charge in [0.25, 0.3) is 0 Å². The SMILES string of the molecule is CCC1(C)OC(OCC2(C)OC(C)(OC3(C)C(C)(CO)OC(C)(OC4(C)C(C)(COC5OC(C)(CC)C(C)(O)C(C)(O)C5(C)O)OC(C)(OC5(C)C(C)(CO)OC(C)(C)C(C)(O)C5(C)O)C(C)(O)C4(C)O)C(C)(O)C3(C)O)C(C)(O)C(C)(O)C2(C)C)C(C)(O)C(C)(O)C1(C)O.